The molecule has 2 rings (SSSR count). The Labute approximate surface area is 112 Å². The van der Waals surface area contributed by atoms with Gasteiger partial charge < -0.3 is 4.74 Å². The third kappa shape index (κ3) is 2.77. The second-order valence-electron chi connectivity index (χ2n) is 4.30. The molecule has 0 spiro atoms. The summed E-state index contributed by atoms with van der Waals surface area (Å²) < 4.78 is 31.7. The molecule has 5 nitrogen and oxygen atoms in total. The Morgan fingerprint density at radius 2 is 2.06 bits per heavy atom. The summed E-state index contributed by atoms with van der Waals surface area (Å²) in [6.45, 7) is 0.736. The Balaban J connectivity index is 1.91. The van der Waals surface area contributed by atoms with E-state index >= 15 is 0 Å². The highest BCUT2D eigenvalue weighted by Crippen LogP contribution is 2.23. The first kappa shape index (κ1) is 13.6. The van der Waals surface area contributed by atoms with E-state index in [1.54, 1.807) is 24.3 Å². The van der Waals surface area contributed by atoms with Crippen LogP contribution in [-0.2, 0) is 10.2 Å². The van der Waals surface area contributed by atoms with Gasteiger partial charge in [0.15, 0.2) is 0 Å². The van der Waals surface area contributed by atoms with Gasteiger partial charge in [-0.05, 0) is 18.2 Å². The van der Waals surface area contributed by atoms with Crippen molar-refractivity contribution in [2.75, 3.05) is 27.2 Å². The summed E-state index contributed by atoms with van der Waals surface area (Å²) in [6.07, 6.45) is -0.113. The van der Waals surface area contributed by atoms with Crippen molar-refractivity contribution in [3.63, 3.8) is 0 Å². The van der Waals surface area contributed by atoms with Crippen molar-refractivity contribution in [2.45, 2.75) is 6.10 Å². The van der Waals surface area contributed by atoms with E-state index < -0.39 is 10.2 Å². The molecule has 0 radical (unpaired) electrons. The zero-order chi connectivity index (χ0) is 13.3. The number of nitrogens with zero attached hydrogens (tertiary/aromatic N) is 2. The lowest BCUT2D eigenvalue weighted by Crippen LogP contribution is -2.58. The van der Waals surface area contributed by atoms with Gasteiger partial charge in [0.25, 0.3) is 10.2 Å². The maximum atomic E-state index is 11.7. The maximum Gasteiger partial charge on any atom is 0.281 e. The molecule has 1 aliphatic rings. The van der Waals surface area contributed by atoms with Crippen LogP contribution < -0.4 is 4.74 Å². The third-order valence-corrected chi connectivity index (χ3v) is 4.81. The first-order chi connectivity index (χ1) is 8.39. The van der Waals surface area contributed by atoms with Crippen LogP contribution in [0.2, 0.25) is 5.02 Å². The number of halogens is 1. The summed E-state index contributed by atoms with van der Waals surface area (Å²) in [4.78, 5) is 0. The number of rotatable bonds is 4. The molecule has 0 aromatic heterocycles. The van der Waals surface area contributed by atoms with E-state index in [-0.39, 0.29) is 6.10 Å². The topological polar surface area (TPSA) is 49.9 Å². The fourth-order valence-corrected chi connectivity index (χ4v) is 2.98. The van der Waals surface area contributed by atoms with Crippen molar-refractivity contribution < 1.29 is 13.2 Å². The standard InChI is InChI=1S/C11H15ClN2O3S/c1-13(2)18(15,16)14-7-11(8-14)17-10-5-3-4-9(12)6-10/h3-6,11H,7-8H2,1-2H3. The van der Waals surface area contributed by atoms with Crippen molar-refractivity contribution >= 4 is 21.8 Å². The van der Waals surface area contributed by atoms with Gasteiger partial charge >= 0.3 is 0 Å². The number of hydrogen-bond acceptors (Lipinski definition) is 3. The SMILES string of the molecule is CN(C)S(=O)(=O)N1CC(Oc2cccc(Cl)c2)C1. The number of hydrogen-bond donors (Lipinski definition) is 0. The van der Waals surface area contributed by atoms with Crippen molar-refractivity contribution in [2.24, 2.45) is 0 Å². The molecule has 7 heteroatoms. The maximum absolute atomic E-state index is 11.7. The smallest absolute Gasteiger partial charge is 0.281 e. The summed E-state index contributed by atoms with van der Waals surface area (Å²) in [7, 11) is -0.284. The van der Waals surface area contributed by atoms with Crippen molar-refractivity contribution in [1.29, 1.82) is 0 Å². The average Bonchev–Trinajstić information content (AvgIpc) is 2.22. The molecule has 1 aromatic carbocycles. The molecule has 0 bridgehead atoms. The molecule has 0 N–H and O–H groups in total. The molecular formula is C11H15ClN2O3S. The van der Waals surface area contributed by atoms with Crippen molar-refractivity contribution in [3.05, 3.63) is 29.3 Å². The highest BCUT2D eigenvalue weighted by atomic mass is 35.5. The Morgan fingerprint density at radius 1 is 1.39 bits per heavy atom. The van der Waals surface area contributed by atoms with Gasteiger partial charge in [0.2, 0.25) is 0 Å². The van der Waals surface area contributed by atoms with Gasteiger partial charge in [0, 0.05) is 19.1 Å². The van der Waals surface area contributed by atoms with Crippen LogP contribution in [0.3, 0.4) is 0 Å². The lowest BCUT2D eigenvalue weighted by Gasteiger charge is -2.38. The predicted octanol–water partition coefficient (Wildman–Crippen LogP) is 1.21. The van der Waals surface area contributed by atoms with E-state index in [0.717, 1.165) is 0 Å². The van der Waals surface area contributed by atoms with Crippen molar-refractivity contribution in [1.82, 2.24) is 8.61 Å². The van der Waals surface area contributed by atoms with Gasteiger partial charge in [-0.25, -0.2) is 0 Å². The fourth-order valence-electron chi connectivity index (χ4n) is 1.63. The highest BCUT2D eigenvalue weighted by Gasteiger charge is 2.38. The van der Waals surface area contributed by atoms with Crippen LogP contribution in [0, 0.1) is 0 Å². The Morgan fingerprint density at radius 3 is 2.61 bits per heavy atom. The number of ether oxygens (including phenoxy) is 1. The third-order valence-electron chi connectivity index (χ3n) is 2.70. The van der Waals surface area contributed by atoms with Gasteiger partial charge in [0.05, 0.1) is 13.1 Å². The van der Waals surface area contributed by atoms with E-state index in [4.69, 9.17) is 16.3 Å². The van der Waals surface area contributed by atoms with Crippen LogP contribution in [0.15, 0.2) is 24.3 Å². The molecule has 100 valence electrons. The molecular weight excluding hydrogens is 276 g/mol. The summed E-state index contributed by atoms with van der Waals surface area (Å²) in [6, 6.07) is 7.07. The van der Waals surface area contributed by atoms with E-state index in [2.05, 4.69) is 0 Å². The molecule has 1 saturated heterocycles. The molecule has 0 aliphatic carbocycles. The van der Waals surface area contributed by atoms with E-state index in [9.17, 15) is 8.42 Å². The van der Waals surface area contributed by atoms with Crippen LogP contribution in [-0.4, -0.2) is 50.3 Å². The lowest BCUT2D eigenvalue weighted by molar-refractivity contribution is 0.0727. The van der Waals surface area contributed by atoms with Gasteiger partial charge in [0.1, 0.15) is 11.9 Å². The molecule has 1 aromatic rings. The zero-order valence-corrected chi connectivity index (χ0v) is 11.8. The van der Waals surface area contributed by atoms with Crippen molar-refractivity contribution in [3.8, 4) is 5.75 Å². The van der Waals surface area contributed by atoms with Crippen LogP contribution in [0.4, 0.5) is 0 Å². The normalized spacial score (nSPS) is 17.8. The molecule has 0 amide bonds. The Bertz CT molecular complexity index is 527. The van der Waals surface area contributed by atoms with Gasteiger partial charge in [-0.15, -0.1) is 0 Å². The fraction of sp³-hybridized carbons (Fsp3) is 0.455. The first-order valence-corrected chi connectivity index (χ1v) is 7.27. The van der Waals surface area contributed by atoms with Gasteiger partial charge in [-0.2, -0.15) is 17.0 Å². The van der Waals surface area contributed by atoms with E-state index in [1.165, 1.54) is 22.7 Å². The van der Waals surface area contributed by atoms with Crippen LogP contribution in [0.1, 0.15) is 0 Å². The highest BCUT2D eigenvalue weighted by molar-refractivity contribution is 7.86. The summed E-state index contributed by atoms with van der Waals surface area (Å²) in [5.74, 6) is 0.661. The second-order valence-corrected chi connectivity index (χ2v) is 6.88. The summed E-state index contributed by atoms with van der Waals surface area (Å²) in [5, 5.41) is 0.601. The number of benzene rings is 1. The second kappa shape index (κ2) is 5.05. The summed E-state index contributed by atoms with van der Waals surface area (Å²) >= 11 is 5.84. The molecule has 0 atom stereocenters. The zero-order valence-electron chi connectivity index (χ0n) is 10.2. The molecule has 1 fully saturated rings. The average molecular weight is 291 g/mol. The molecule has 1 heterocycles. The largest absolute Gasteiger partial charge is 0.488 e. The monoisotopic (exact) mass is 290 g/mol. The van der Waals surface area contributed by atoms with E-state index in [0.29, 0.717) is 23.9 Å². The Hall–Kier alpha value is -0.820. The molecule has 0 saturated carbocycles. The minimum atomic E-state index is -3.31. The van der Waals surface area contributed by atoms with Gasteiger partial charge in [-0.1, -0.05) is 17.7 Å². The quantitative estimate of drug-likeness (QED) is 0.837. The van der Waals surface area contributed by atoms with Crippen LogP contribution >= 0.6 is 11.6 Å². The minimum Gasteiger partial charge on any atom is -0.488 e. The summed E-state index contributed by atoms with van der Waals surface area (Å²) in [5.41, 5.74) is 0. The first-order valence-electron chi connectivity index (χ1n) is 5.49. The minimum absolute atomic E-state index is 0.113. The molecule has 18 heavy (non-hydrogen) atoms. The molecule has 0 unspecified atom stereocenters. The van der Waals surface area contributed by atoms with Crippen LogP contribution in [0.5, 0.6) is 5.75 Å². The van der Waals surface area contributed by atoms with Crippen LogP contribution in [0.25, 0.3) is 0 Å². The van der Waals surface area contributed by atoms with E-state index in [1.807, 2.05) is 0 Å². The lowest BCUT2D eigenvalue weighted by atomic mass is 10.2. The predicted molar refractivity (Wildman–Crippen MR) is 70.0 cm³/mol. The molecule has 1 aliphatic heterocycles. The Kier molecular flexibility index (Phi) is 3.82. The van der Waals surface area contributed by atoms with Gasteiger partial charge in [-0.3, -0.25) is 0 Å².